The number of rotatable bonds is 3. The van der Waals surface area contributed by atoms with E-state index >= 15 is 0 Å². The fraction of sp³-hybridized carbons (Fsp3) is 0.304. The average molecular weight is 447 g/mol. The molecule has 10 nitrogen and oxygen atoms in total. The number of nitrogen functional groups attached to an aromatic ring is 1. The second kappa shape index (κ2) is 7.80. The van der Waals surface area contributed by atoms with Crippen molar-refractivity contribution in [3.05, 3.63) is 42.4 Å². The van der Waals surface area contributed by atoms with Crippen LogP contribution in [0, 0.1) is 0 Å². The van der Waals surface area contributed by atoms with Crippen LogP contribution in [-0.2, 0) is 4.74 Å². The molecule has 0 fully saturated rings. The first-order valence-electron chi connectivity index (χ1n) is 10.8. The Morgan fingerprint density at radius 3 is 2.82 bits per heavy atom. The topological polar surface area (TPSA) is 138 Å². The molecule has 3 aromatic heterocycles. The van der Waals surface area contributed by atoms with Crippen molar-refractivity contribution in [3.63, 3.8) is 0 Å². The number of nitrogens with zero attached hydrogens (tertiary/aromatic N) is 4. The second-order valence-electron chi connectivity index (χ2n) is 9.05. The molecular weight excluding hydrogens is 420 g/mol. The minimum absolute atomic E-state index is 0.289. The zero-order valence-corrected chi connectivity index (χ0v) is 18.8. The van der Waals surface area contributed by atoms with Gasteiger partial charge in [0, 0.05) is 24.5 Å². The molecule has 0 saturated heterocycles. The molecule has 1 aromatic carbocycles. The monoisotopic (exact) mass is 446 g/mol. The number of benzene rings is 1. The number of imidazole rings is 1. The molecule has 5 N–H and O–H groups in total. The number of amides is 1. The molecule has 0 radical (unpaired) electrons. The molecule has 0 atom stereocenters. The lowest BCUT2D eigenvalue weighted by Gasteiger charge is -2.29. The molecule has 4 heterocycles. The normalized spacial score (nSPS) is 14.5. The van der Waals surface area contributed by atoms with Crippen molar-refractivity contribution in [2.45, 2.75) is 32.8 Å². The summed E-state index contributed by atoms with van der Waals surface area (Å²) in [5.74, 6) is 1.08. The summed E-state index contributed by atoms with van der Waals surface area (Å²) < 4.78 is 5.48. The number of nitrogens with two attached hydrogens (primary N) is 1. The van der Waals surface area contributed by atoms with E-state index < -0.39 is 5.60 Å². The molecule has 0 unspecified atom stereocenters. The van der Waals surface area contributed by atoms with Gasteiger partial charge in [0.25, 0.3) is 0 Å². The summed E-state index contributed by atoms with van der Waals surface area (Å²) in [7, 11) is 0. The van der Waals surface area contributed by atoms with Crippen LogP contribution in [0.4, 0.5) is 22.2 Å². The van der Waals surface area contributed by atoms with Gasteiger partial charge in [0.1, 0.15) is 23.4 Å². The largest absolute Gasteiger partial charge is 0.444 e. The van der Waals surface area contributed by atoms with E-state index in [-0.39, 0.29) is 6.09 Å². The fourth-order valence-corrected chi connectivity index (χ4v) is 3.86. The third-order valence-electron chi connectivity index (χ3n) is 5.40. The Morgan fingerprint density at radius 1 is 1.21 bits per heavy atom. The van der Waals surface area contributed by atoms with Crippen LogP contribution in [0.15, 0.2) is 36.7 Å². The van der Waals surface area contributed by atoms with Crippen molar-refractivity contribution in [1.82, 2.24) is 29.8 Å². The molecule has 1 aliphatic rings. The predicted molar refractivity (Wildman–Crippen MR) is 128 cm³/mol. The van der Waals surface area contributed by atoms with Crippen LogP contribution in [0.1, 0.15) is 32.9 Å². The SMILES string of the molecule is CC(C)(C)OC(=O)N1CC=C(c2cc3c(Nc4ccc5nc(N)[nH]c5c4)ncnc3[nH]2)CC1. The fourth-order valence-electron chi connectivity index (χ4n) is 3.86. The van der Waals surface area contributed by atoms with Crippen molar-refractivity contribution < 1.29 is 9.53 Å². The molecule has 0 aliphatic carbocycles. The molecule has 1 amide bonds. The van der Waals surface area contributed by atoms with Crippen molar-refractivity contribution in [2.75, 3.05) is 24.1 Å². The van der Waals surface area contributed by atoms with E-state index in [1.165, 1.54) is 6.33 Å². The molecule has 10 heteroatoms. The Balaban J connectivity index is 1.37. The molecule has 0 bridgehead atoms. The summed E-state index contributed by atoms with van der Waals surface area (Å²) in [6, 6.07) is 7.81. The van der Waals surface area contributed by atoms with Gasteiger partial charge in [0.2, 0.25) is 0 Å². The first-order chi connectivity index (χ1) is 15.7. The number of carbonyl (C=O) groups excluding carboxylic acids is 1. The number of carbonyl (C=O) groups is 1. The zero-order chi connectivity index (χ0) is 23.2. The molecule has 33 heavy (non-hydrogen) atoms. The van der Waals surface area contributed by atoms with E-state index in [1.807, 2.05) is 45.0 Å². The maximum absolute atomic E-state index is 12.3. The van der Waals surface area contributed by atoms with Crippen LogP contribution in [0.2, 0.25) is 0 Å². The number of aromatic nitrogens is 5. The summed E-state index contributed by atoms with van der Waals surface area (Å²) in [5.41, 5.74) is 10.6. The van der Waals surface area contributed by atoms with Crippen LogP contribution >= 0.6 is 0 Å². The molecule has 5 rings (SSSR count). The van der Waals surface area contributed by atoms with E-state index in [9.17, 15) is 4.79 Å². The molecule has 170 valence electrons. The van der Waals surface area contributed by atoms with Crippen molar-refractivity contribution in [2.24, 2.45) is 0 Å². The van der Waals surface area contributed by atoms with Gasteiger partial charge in [-0.2, -0.15) is 0 Å². The number of H-pyrrole nitrogens is 2. The molecular formula is C23H26N8O2. The number of hydrogen-bond acceptors (Lipinski definition) is 7. The van der Waals surface area contributed by atoms with E-state index in [0.717, 1.165) is 45.4 Å². The third-order valence-corrected chi connectivity index (χ3v) is 5.40. The predicted octanol–water partition coefficient (Wildman–Crippen LogP) is 4.18. The average Bonchev–Trinajstić information content (AvgIpc) is 3.35. The highest BCUT2D eigenvalue weighted by Crippen LogP contribution is 2.30. The summed E-state index contributed by atoms with van der Waals surface area (Å²) in [6.45, 7) is 6.71. The number of hydrogen-bond donors (Lipinski definition) is 4. The second-order valence-corrected chi connectivity index (χ2v) is 9.05. The highest BCUT2D eigenvalue weighted by atomic mass is 16.6. The van der Waals surface area contributed by atoms with Gasteiger partial charge in [-0.15, -0.1) is 0 Å². The minimum atomic E-state index is -0.505. The van der Waals surface area contributed by atoms with Gasteiger partial charge >= 0.3 is 6.09 Å². The lowest BCUT2D eigenvalue weighted by atomic mass is 10.1. The summed E-state index contributed by atoms with van der Waals surface area (Å²) >= 11 is 0. The lowest BCUT2D eigenvalue weighted by Crippen LogP contribution is -2.39. The number of fused-ring (bicyclic) bond motifs is 2. The summed E-state index contributed by atoms with van der Waals surface area (Å²) in [6.07, 6.45) is 4.01. The van der Waals surface area contributed by atoms with Crippen molar-refractivity contribution >= 4 is 51.2 Å². The Labute approximate surface area is 190 Å². The van der Waals surface area contributed by atoms with E-state index in [0.29, 0.717) is 24.9 Å². The van der Waals surface area contributed by atoms with Gasteiger partial charge in [0.15, 0.2) is 5.95 Å². The van der Waals surface area contributed by atoms with Crippen LogP contribution in [0.3, 0.4) is 0 Å². The van der Waals surface area contributed by atoms with Crippen LogP contribution in [0.25, 0.3) is 27.6 Å². The molecule has 0 saturated carbocycles. The van der Waals surface area contributed by atoms with Gasteiger partial charge < -0.3 is 30.7 Å². The Morgan fingerprint density at radius 2 is 2.06 bits per heavy atom. The van der Waals surface area contributed by atoms with Crippen molar-refractivity contribution in [1.29, 1.82) is 0 Å². The maximum atomic E-state index is 12.3. The smallest absolute Gasteiger partial charge is 0.410 e. The number of nitrogens with one attached hydrogen (secondary N) is 3. The van der Waals surface area contributed by atoms with Gasteiger partial charge in [-0.1, -0.05) is 6.08 Å². The van der Waals surface area contributed by atoms with E-state index in [1.54, 1.807) is 4.90 Å². The first-order valence-corrected chi connectivity index (χ1v) is 10.8. The van der Waals surface area contributed by atoms with Crippen molar-refractivity contribution in [3.8, 4) is 0 Å². The minimum Gasteiger partial charge on any atom is -0.444 e. The first kappa shape index (κ1) is 20.8. The lowest BCUT2D eigenvalue weighted by molar-refractivity contribution is 0.0270. The standard InChI is InChI=1S/C23H26N8O2/c1-23(2,3)33-22(32)31-8-6-13(7-9-31)17-11-15-19(25-12-26-20(15)28-17)27-14-4-5-16-18(10-14)30-21(24)29-16/h4-6,10-12H,7-9H2,1-3H3,(H3,24,29,30)(H2,25,26,27,28). The maximum Gasteiger partial charge on any atom is 0.410 e. The van der Waals surface area contributed by atoms with Gasteiger partial charge in [-0.05, 0) is 57.0 Å². The van der Waals surface area contributed by atoms with E-state index in [4.69, 9.17) is 10.5 Å². The van der Waals surface area contributed by atoms with Gasteiger partial charge in [-0.3, -0.25) is 0 Å². The van der Waals surface area contributed by atoms with Crippen LogP contribution < -0.4 is 11.1 Å². The zero-order valence-electron chi connectivity index (χ0n) is 18.8. The Bertz CT molecular complexity index is 1380. The number of aromatic amines is 2. The highest BCUT2D eigenvalue weighted by molar-refractivity contribution is 5.93. The molecule has 1 aliphatic heterocycles. The number of ether oxygens (including phenoxy) is 1. The summed E-state index contributed by atoms with van der Waals surface area (Å²) in [4.78, 5) is 33.5. The van der Waals surface area contributed by atoms with Crippen LogP contribution in [0.5, 0.6) is 0 Å². The highest BCUT2D eigenvalue weighted by Gasteiger charge is 2.24. The van der Waals surface area contributed by atoms with E-state index in [2.05, 4.69) is 36.3 Å². The number of anilines is 3. The summed E-state index contributed by atoms with van der Waals surface area (Å²) in [5, 5.41) is 4.24. The van der Waals surface area contributed by atoms with Crippen LogP contribution in [-0.4, -0.2) is 54.6 Å². The van der Waals surface area contributed by atoms with Gasteiger partial charge in [-0.25, -0.2) is 19.7 Å². The third kappa shape index (κ3) is 4.32. The Hall–Kier alpha value is -4.08. The Kier molecular flexibility index (Phi) is 4.92. The molecule has 0 spiro atoms. The van der Waals surface area contributed by atoms with Gasteiger partial charge in [0.05, 0.1) is 16.4 Å². The molecule has 4 aromatic rings. The quantitative estimate of drug-likeness (QED) is 0.370.